The maximum atomic E-state index is 12.8. The molecule has 0 radical (unpaired) electrons. The summed E-state index contributed by atoms with van der Waals surface area (Å²) in [6.45, 7) is 7.26. The highest BCUT2D eigenvalue weighted by Gasteiger charge is 2.20. The second-order valence-electron chi connectivity index (χ2n) is 5.37. The molecule has 0 fully saturated rings. The smallest absolute Gasteiger partial charge is 0.254 e. The van der Waals surface area contributed by atoms with Gasteiger partial charge in [0.05, 0.1) is 22.3 Å². The lowest BCUT2D eigenvalue weighted by molar-refractivity contribution is 0.0775. The molecular formula is C18H20N4O. The number of fused-ring (bicyclic) bond motifs is 1. The maximum Gasteiger partial charge on any atom is 0.254 e. The normalized spacial score (nSPS) is 10.9. The average molecular weight is 308 g/mol. The molecule has 0 saturated heterocycles. The van der Waals surface area contributed by atoms with E-state index in [2.05, 4.69) is 10.1 Å². The molecule has 0 bridgehead atoms. The average Bonchev–Trinajstić information content (AvgIpc) is 2.94. The molecule has 0 aliphatic rings. The van der Waals surface area contributed by atoms with E-state index in [-0.39, 0.29) is 5.91 Å². The van der Waals surface area contributed by atoms with E-state index in [9.17, 15) is 4.79 Å². The summed E-state index contributed by atoms with van der Waals surface area (Å²) in [4.78, 5) is 19.1. The van der Waals surface area contributed by atoms with Gasteiger partial charge in [-0.3, -0.25) is 4.79 Å². The van der Waals surface area contributed by atoms with Crippen LogP contribution in [-0.4, -0.2) is 38.7 Å². The van der Waals surface area contributed by atoms with Crippen LogP contribution in [0.3, 0.4) is 0 Å². The molecule has 0 aliphatic heterocycles. The SMILES string of the molecule is CCN(CC)C(=O)c1ccnc2c1c(C)nn2-c1ccccc1. The van der Waals surface area contributed by atoms with Crippen molar-refractivity contribution in [2.45, 2.75) is 20.8 Å². The van der Waals surface area contributed by atoms with Crippen molar-refractivity contribution in [3.63, 3.8) is 0 Å². The van der Waals surface area contributed by atoms with Crippen LogP contribution in [0.2, 0.25) is 0 Å². The van der Waals surface area contributed by atoms with Crippen molar-refractivity contribution in [3.05, 3.63) is 53.9 Å². The van der Waals surface area contributed by atoms with E-state index >= 15 is 0 Å². The van der Waals surface area contributed by atoms with E-state index in [1.807, 2.05) is 56.0 Å². The number of para-hydroxylation sites is 1. The van der Waals surface area contributed by atoms with E-state index in [4.69, 9.17) is 0 Å². The van der Waals surface area contributed by atoms with Crippen molar-refractivity contribution in [2.75, 3.05) is 13.1 Å². The number of benzene rings is 1. The molecular weight excluding hydrogens is 288 g/mol. The second-order valence-corrected chi connectivity index (χ2v) is 5.37. The summed E-state index contributed by atoms with van der Waals surface area (Å²) in [6.07, 6.45) is 1.68. The number of hydrogen-bond donors (Lipinski definition) is 0. The third-order valence-electron chi connectivity index (χ3n) is 4.03. The van der Waals surface area contributed by atoms with Gasteiger partial charge >= 0.3 is 0 Å². The molecule has 0 saturated carbocycles. The van der Waals surface area contributed by atoms with E-state index in [1.165, 1.54) is 0 Å². The fraction of sp³-hybridized carbons (Fsp3) is 0.278. The summed E-state index contributed by atoms with van der Waals surface area (Å²) in [5.41, 5.74) is 3.13. The van der Waals surface area contributed by atoms with Crippen molar-refractivity contribution >= 4 is 16.9 Å². The molecule has 2 heterocycles. The monoisotopic (exact) mass is 308 g/mol. The summed E-state index contributed by atoms with van der Waals surface area (Å²) >= 11 is 0. The highest BCUT2D eigenvalue weighted by atomic mass is 16.2. The van der Waals surface area contributed by atoms with Gasteiger partial charge in [0.15, 0.2) is 5.65 Å². The van der Waals surface area contributed by atoms with E-state index in [0.29, 0.717) is 24.3 Å². The minimum Gasteiger partial charge on any atom is -0.339 e. The minimum atomic E-state index is 0.0260. The lowest BCUT2D eigenvalue weighted by Crippen LogP contribution is -2.30. The molecule has 5 nitrogen and oxygen atoms in total. The molecule has 118 valence electrons. The van der Waals surface area contributed by atoms with E-state index < -0.39 is 0 Å². The zero-order valence-corrected chi connectivity index (χ0v) is 13.7. The van der Waals surface area contributed by atoms with Crippen LogP contribution in [0.15, 0.2) is 42.6 Å². The first-order chi connectivity index (χ1) is 11.2. The zero-order chi connectivity index (χ0) is 16.4. The highest BCUT2D eigenvalue weighted by Crippen LogP contribution is 2.24. The molecule has 3 rings (SSSR count). The van der Waals surface area contributed by atoms with Crippen molar-refractivity contribution in [2.24, 2.45) is 0 Å². The van der Waals surface area contributed by atoms with Crippen LogP contribution in [0, 0.1) is 6.92 Å². The van der Waals surface area contributed by atoms with Crippen molar-refractivity contribution in [3.8, 4) is 5.69 Å². The molecule has 0 N–H and O–H groups in total. The number of pyridine rings is 1. The van der Waals surface area contributed by atoms with Gasteiger partial charge in [-0.05, 0) is 39.0 Å². The van der Waals surface area contributed by atoms with E-state index in [1.54, 1.807) is 16.9 Å². The molecule has 1 aromatic carbocycles. The van der Waals surface area contributed by atoms with Crippen LogP contribution in [0.25, 0.3) is 16.7 Å². The predicted molar refractivity (Wildman–Crippen MR) is 90.9 cm³/mol. The molecule has 0 unspecified atom stereocenters. The van der Waals surface area contributed by atoms with Gasteiger partial charge in [-0.2, -0.15) is 5.10 Å². The Bertz CT molecular complexity index is 835. The van der Waals surface area contributed by atoms with E-state index in [0.717, 1.165) is 16.8 Å². The Hall–Kier alpha value is -2.69. The Kier molecular flexibility index (Phi) is 4.10. The Morgan fingerprint density at radius 1 is 1.13 bits per heavy atom. The van der Waals surface area contributed by atoms with Gasteiger partial charge in [0, 0.05) is 19.3 Å². The lowest BCUT2D eigenvalue weighted by Gasteiger charge is -2.19. The van der Waals surface area contributed by atoms with Crippen LogP contribution in [0.1, 0.15) is 29.9 Å². The van der Waals surface area contributed by atoms with Gasteiger partial charge in [0.1, 0.15) is 0 Å². The third kappa shape index (κ3) is 2.59. The Morgan fingerprint density at radius 3 is 2.48 bits per heavy atom. The number of nitrogens with zero attached hydrogens (tertiary/aromatic N) is 4. The fourth-order valence-electron chi connectivity index (χ4n) is 2.82. The molecule has 0 spiro atoms. The number of amides is 1. The van der Waals surface area contributed by atoms with Gasteiger partial charge in [0.2, 0.25) is 0 Å². The summed E-state index contributed by atoms with van der Waals surface area (Å²) in [5.74, 6) is 0.0260. The number of aromatic nitrogens is 3. The summed E-state index contributed by atoms with van der Waals surface area (Å²) in [6, 6.07) is 11.6. The molecule has 5 heteroatoms. The molecule has 2 aromatic heterocycles. The summed E-state index contributed by atoms with van der Waals surface area (Å²) < 4.78 is 1.80. The quantitative estimate of drug-likeness (QED) is 0.743. The topological polar surface area (TPSA) is 51.0 Å². The number of hydrogen-bond acceptors (Lipinski definition) is 3. The fourth-order valence-corrected chi connectivity index (χ4v) is 2.82. The van der Waals surface area contributed by atoms with Crippen LogP contribution >= 0.6 is 0 Å². The van der Waals surface area contributed by atoms with Crippen LogP contribution in [-0.2, 0) is 0 Å². The minimum absolute atomic E-state index is 0.0260. The third-order valence-corrected chi connectivity index (χ3v) is 4.03. The van der Waals surface area contributed by atoms with Crippen molar-refractivity contribution < 1.29 is 4.79 Å². The number of carbonyl (C=O) groups is 1. The Balaban J connectivity index is 2.20. The maximum absolute atomic E-state index is 12.8. The largest absolute Gasteiger partial charge is 0.339 e. The first-order valence-corrected chi connectivity index (χ1v) is 7.86. The van der Waals surface area contributed by atoms with Gasteiger partial charge < -0.3 is 4.90 Å². The Morgan fingerprint density at radius 2 is 1.83 bits per heavy atom. The van der Waals surface area contributed by atoms with Gasteiger partial charge in [-0.15, -0.1) is 0 Å². The van der Waals surface area contributed by atoms with Gasteiger partial charge in [-0.1, -0.05) is 18.2 Å². The van der Waals surface area contributed by atoms with Crippen LogP contribution in [0.4, 0.5) is 0 Å². The molecule has 1 amide bonds. The lowest BCUT2D eigenvalue weighted by atomic mass is 10.1. The standard InChI is InChI=1S/C18H20N4O/c1-4-21(5-2)18(23)15-11-12-19-17-16(15)13(3)20-22(17)14-9-7-6-8-10-14/h6-12H,4-5H2,1-3H3. The van der Waals surface area contributed by atoms with Gasteiger partial charge in [-0.25, -0.2) is 9.67 Å². The van der Waals surface area contributed by atoms with Crippen molar-refractivity contribution in [1.29, 1.82) is 0 Å². The second kappa shape index (κ2) is 6.20. The summed E-state index contributed by atoms with van der Waals surface area (Å²) in [7, 11) is 0. The van der Waals surface area contributed by atoms with Crippen LogP contribution in [0.5, 0.6) is 0 Å². The number of carbonyl (C=O) groups excluding carboxylic acids is 1. The molecule has 23 heavy (non-hydrogen) atoms. The first kappa shape index (κ1) is 15.2. The zero-order valence-electron chi connectivity index (χ0n) is 13.7. The van der Waals surface area contributed by atoms with Crippen LogP contribution < -0.4 is 0 Å². The molecule has 0 aliphatic carbocycles. The Labute approximate surface area is 135 Å². The molecule has 0 atom stereocenters. The summed E-state index contributed by atoms with van der Waals surface area (Å²) in [5, 5.41) is 5.42. The predicted octanol–water partition coefficient (Wildman–Crippen LogP) is 3.21. The number of aryl methyl sites for hydroxylation is 1. The highest BCUT2D eigenvalue weighted by molar-refractivity contribution is 6.06. The van der Waals surface area contributed by atoms with Crippen molar-refractivity contribution in [1.82, 2.24) is 19.7 Å². The number of rotatable bonds is 4. The molecule has 3 aromatic rings. The first-order valence-electron chi connectivity index (χ1n) is 7.86. The van der Waals surface area contributed by atoms with Gasteiger partial charge in [0.25, 0.3) is 5.91 Å².